The highest BCUT2D eigenvalue weighted by atomic mass is 16.6. The first-order valence-electron chi connectivity index (χ1n) is 5.66. The van der Waals surface area contributed by atoms with E-state index in [-0.39, 0.29) is 5.71 Å². The third-order valence-corrected chi connectivity index (χ3v) is 2.35. The van der Waals surface area contributed by atoms with Crippen LogP contribution in [0.4, 0.5) is 0 Å². The van der Waals surface area contributed by atoms with Crippen LogP contribution >= 0.6 is 0 Å². The molecule has 0 aromatic heterocycles. The van der Waals surface area contributed by atoms with Gasteiger partial charge in [0.1, 0.15) is 12.4 Å². The smallest absolute Gasteiger partial charge is 0.353 e. The molecule has 5 nitrogen and oxygen atoms in total. The fourth-order valence-corrected chi connectivity index (χ4v) is 1.35. The minimum Gasteiger partial charge on any atom is -0.497 e. The summed E-state index contributed by atoms with van der Waals surface area (Å²) in [6, 6.07) is 7.79. The molecule has 5 heteroatoms. The Morgan fingerprint density at radius 2 is 2.22 bits per heavy atom. The van der Waals surface area contributed by atoms with E-state index >= 15 is 0 Å². The standard InChI is InChI=1S/C13H17NO4/c1-10(13(15)16)14-18-8-4-6-11-5-3-7-12(9-11)17-2/h3,5,7,9H,4,6,8H2,1-2H3,(H,15,16)/b14-10-. The van der Waals surface area contributed by atoms with Crippen LogP contribution in [0.25, 0.3) is 0 Å². The monoisotopic (exact) mass is 251 g/mol. The van der Waals surface area contributed by atoms with Gasteiger partial charge < -0.3 is 14.7 Å². The number of carboxylic acid groups (broad SMARTS) is 1. The predicted octanol–water partition coefficient (Wildman–Crippen LogP) is 2.10. The molecule has 18 heavy (non-hydrogen) atoms. The van der Waals surface area contributed by atoms with Crippen LogP contribution in [0, 0.1) is 0 Å². The van der Waals surface area contributed by atoms with Gasteiger partial charge in [-0.25, -0.2) is 4.79 Å². The lowest BCUT2D eigenvalue weighted by Gasteiger charge is -2.04. The molecule has 98 valence electrons. The van der Waals surface area contributed by atoms with Gasteiger partial charge in [0.05, 0.1) is 7.11 Å². The Bertz CT molecular complexity index is 429. The molecule has 0 atom stereocenters. The highest BCUT2D eigenvalue weighted by molar-refractivity contribution is 6.34. The van der Waals surface area contributed by atoms with E-state index in [2.05, 4.69) is 5.16 Å². The van der Waals surface area contributed by atoms with Crippen molar-refractivity contribution in [3.63, 3.8) is 0 Å². The maximum absolute atomic E-state index is 10.4. The van der Waals surface area contributed by atoms with Crippen molar-refractivity contribution in [1.82, 2.24) is 0 Å². The van der Waals surface area contributed by atoms with Gasteiger partial charge in [0.15, 0.2) is 5.71 Å². The first kappa shape index (κ1) is 14.0. The Hall–Kier alpha value is -2.04. The van der Waals surface area contributed by atoms with Crippen LogP contribution in [-0.4, -0.2) is 30.5 Å². The van der Waals surface area contributed by atoms with Crippen LogP contribution < -0.4 is 4.74 Å². The van der Waals surface area contributed by atoms with Gasteiger partial charge in [-0.3, -0.25) is 0 Å². The van der Waals surface area contributed by atoms with E-state index in [1.165, 1.54) is 6.92 Å². The number of nitrogens with zero attached hydrogens (tertiary/aromatic N) is 1. The van der Waals surface area contributed by atoms with Crippen molar-refractivity contribution >= 4 is 11.7 Å². The number of benzene rings is 1. The van der Waals surface area contributed by atoms with Crippen LogP contribution in [-0.2, 0) is 16.1 Å². The quantitative estimate of drug-likeness (QED) is 0.458. The maximum Gasteiger partial charge on any atom is 0.353 e. The van der Waals surface area contributed by atoms with Crippen LogP contribution in [0.15, 0.2) is 29.4 Å². The molecular formula is C13H17NO4. The van der Waals surface area contributed by atoms with Crippen LogP contribution in [0.2, 0.25) is 0 Å². The number of aliphatic carboxylic acids is 1. The van der Waals surface area contributed by atoms with E-state index < -0.39 is 5.97 Å². The first-order valence-corrected chi connectivity index (χ1v) is 5.66. The maximum atomic E-state index is 10.4. The van der Waals surface area contributed by atoms with Gasteiger partial charge in [-0.2, -0.15) is 0 Å². The summed E-state index contributed by atoms with van der Waals surface area (Å²) in [4.78, 5) is 15.3. The summed E-state index contributed by atoms with van der Waals surface area (Å²) in [5.74, 6) is -0.240. The van der Waals surface area contributed by atoms with Crippen LogP contribution in [0.3, 0.4) is 0 Å². The summed E-state index contributed by atoms with van der Waals surface area (Å²) < 4.78 is 5.12. The zero-order chi connectivity index (χ0) is 13.4. The van der Waals surface area contributed by atoms with E-state index in [9.17, 15) is 4.79 Å². The summed E-state index contributed by atoms with van der Waals surface area (Å²) in [7, 11) is 1.63. The zero-order valence-electron chi connectivity index (χ0n) is 10.5. The molecule has 0 amide bonds. The third kappa shape index (κ3) is 4.86. The van der Waals surface area contributed by atoms with Crippen LogP contribution in [0.1, 0.15) is 18.9 Å². The van der Waals surface area contributed by atoms with E-state index in [1.807, 2.05) is 24.3 Å². The Morgan fingerprint density at radius 3 is 2.89 bits per heavy atom. The van der Waals surface area contributed by atoms with Crippen LogP contribution in [0.5, 0.6) is 5.75 Å². The molecule has 0 bridgehead atoms. The summed E-state index contributed by atoms with van der Waals surface area (Å²) in [5, 5.41) is 12.0. The summed E-state index contributed by atoms with van der Waals surface area (Å²) in [6.45, 7) is 1.78. The van der Waals surface area contributed by atoms with Gasteiger partial charge in [-0.15, -0.1) is 0 Å². The molecule has 1 rings (SSSR count). The van der Waals surface area contributed by atoms with E-state index in [0.29, 0.717) is 6.61 Å². The minimum absolute atomic E-state index is 0.0450. The Morgan fingerprint density at radius 1 is 1.44 bits per heavy atom. The van der Waals surface area contributed by atoms with Gasteiger partial charge in [0, 0.05) is 0 Å². The second-order valence-electron chi connectivity index (χ2n) is 3.77. The van der Waals surface area contributed by atoms with Crippen molar-refractivity contribution in [3.05, 3.63) is 29.8 Å². The first-order chi connectivity index (χ1) is 8.63. The SMILES string of the molecule is COc1cccc(CCCO/N=C(/C)C(=O)O)c1. The van der Waals surface area contributed by atoms with Crippen molar-refractivity contribution < 1.29 is 19.5 Å². The lowest BCUT2D eigenvalue weighted by atomic mass is 10.1. The fourth-order valence-electron chi connectivity index (χ4n) is 1.35. The largest absolute Gasteiger partial charge is 0.497 e. The number of hydrogen-bond acceptors (Lipinski definition) is 4. The summed E-state index contributed by atoms with van der Waals surface area (Å²) in [5.41, 5.74) is 1.10. The molecule has 0 aliphatic carbocycles. The minimum atomic E-state index is -1.07. The highest BCUT2D eigenvalue weighted by Crippen LogP contribution is 2.13. The summed E-state index contributed by atoms with van der Waals surface area (Å²) in [6.07, 6.45) is 1.60. The highest BCUT2D eigenvalue weighted by Gasteiger charge is 2.01. The number of aryl methyl sites for hydroxylation is 1. The normalized spacial score (nSPS) is 11.1. The molecule has 1 N–H and O–H groups in total. The van der Waals surface area contributed by atoms with E-state index in [1.54, 1.807) is 7.11 Å². The average molecular weight is 251 g/mol. The fraction of sp³-hybridized carbons (Fsp3) is 0.385. The van der Waals surface area contributed by atoms with Gasteiger partial charge in [-0.05, 0) is 37.5 Å². The molecule has 0 saturated heterocycles. The molecule has 0 aliphatic rings. The molecule has 0 spiro atoms. The second kappa shape index (κ2) is 7.32. The van der Waals surface area contributed by atoms with Crippen molar-refractivity contribution in [2.45, 2.75) is 19.8 Å². The molecule has 0 radical (unpaired) electrons. The number of methoxy groups -OCH3 is 1. The third-order valence-electron chi connectivity index (χ3n) is 2.35. The molecule has 0 unspecified atom stereocenters. The van der Waals surface area contributed by atoms with E-state index in [0.717, 1.165) is 24.2 Å². The second-order valence-corrected chi connectivity index (χ2v) is 3.77. The van der Waals surface area contributed by atoms with Crippen molar-refractivity contribution in [2.24, 2.45) is 5.16 Å². The molecule has 0 fully saturated rings. The van der Waals surface area contributed by atoms with Gasteiger partial charge in [0.25, 0.3) is 0 Å². The van der Waals surface area contributed by atoms with Gasteiger partial charge in [-0.1, -0.05) is 17.3 Å². The molecule has 0 saturated carbocycles. The Labute approximate surface area is 106 Å². The number of carboxylic acids is 1. The Balaban J connectivity index is 2.29. The lowest BCUT2D eigenvalue weighted by molar-refractivity contribution is -0.129. The molecular weight excluding hydrogens is 234 g/mol. The summed E-state index contributed by atoms with van der Waals surface area (Å²) >= 11 is 0. The molecule has 0 heterocycles. The van der Waals surface area contributed by atoms with Crippen molar-refractivity contribution in [3.8, 4) is 5.75 Å². The van der Waals surface area contributed by atoms with Crippen molar-refractivity contribution in [2.75, 3.05) is 13.7 Å². The number of rotatable bonds is 7. The number of hydrogen-bond donors (Lipinski definition) is 1. The number of ether oxygens (including phenoxy) is 1. The number of oxime groups is 1. The lowest BCUT2D eigenvalue weighted by Crippen LogP contribution is -2.08. The zero-order valence-corrected chi connectivity index (χ0v) is 10.5. The average Bonchev–Trinajstić information content (AvgIpc) is 2.38. The van der Waals surface area contributed by atoms with Gasteiger partial charge in [0.2, 0.25) is 0 Å². The number of carbonyl (C=O) groups is 1. The molecule has 1 aromatic rings. The predicted molar refractivity (Wildman–Crippen MR) is 68.0 cm³/mol. The van der Waals surface area contributed by atoms with Gasteiger partial charge >= 0.3 is 5.97 Å². The topological polar surface area (TPSA) is 68.1 Å². The molecule has 0 aliphatic heterocycles. The molecule has 1 aromatic carbocycles. The Kier molecular flexibility index (Phi) is 5.70. The van der Waals surface area contributed by atoms with E-state index in [4.69, 9.17) is 14.7 Å². The van der Waals surface area contributed by atoms with Crippen molar-refractivity contribution in [1.29, 1.82) is 0 Å².